The van der Waals surface area contributed by atoms with E-state index < -0.39 is 61.6 Å². The molecule has 0 aromatic heterocycles. The fourth-order valence-electron chi connectivity index (χ4n) is 5.54. The minimum absolute atomic E-state index is 0.0657. The van der Waals surface area contributed by atoms with Gasteiger partial charge in [0.15, 0.2) is 0 Å². The van der Waals surface area contributed by atoms with Gasteiger partial charge in [0.25, 0.3) is 0 Å². The van der Waals surface area contributed by atoms with Crippen LogP contribution in [0, 0.1) is 5.41 Å². The highest BCUT2D eigenvalue weighted by Gasteiger charge is 2.33. The monoisotopic (exact) mass is 840 g/mol. The van der Waals surface area contributed by atoms with Crippen molar-refractivity contribution in [1.29, 1.82) is 0 Å². The number of carbonyl (C=O) groups is 6. The predicted molar refractivity (Wildman–Crippen MR) is 217 cm³/mol. The molecule has 0 fully saturated rings. The third kappa shape index (κ3) is 12.5. The first kappa shape index (κ1) is 43.1. The summed E-state index contributed by atoms with van der Waals surface area (Å²) < 4.78 is 15.2. The Morgan fingerprint density at radius 1 is 0.323 bits per heavy atom. The molecule has 0 N–H and O–H groups in total. The Morgan fingerprint density at radius 2 is 0.548 bits per heavy atom. The van der Waals surface area contributed by atoms with Crippen LogP contribution in [-0.2, 0) is 43.5 Å². The first-order valence-corrected chi connectivity index (χ1v) is 18.7. The van der Waals surface area contributed by atoms with E-state index in [2.05, 4.69) is 29.3 Å². The minimum Gasteiger partial charge on any atom is -0.431 e. The molecule has 314 valence electrons. The highest BCUT2D eigenvalue weighted by molar-refractivity contribution is 5.91. The lowest BCUT2D eigenvalue weighted by Gasteiger charge is -2.26. The maximum Gasteiger partial charge on any atom is 0.549 e. The zero-order chi connectivity index (χ0) is 43.7. The van der Waals surface area contributed by atoms with Crippen LogP contribution in [-0.4, -0.2) is 56.2 Å². The van der Waals surface area contributed by atoms with Crippen molar-refractivity contribution in [2.45, 2.75) is 6.92 Å². The molecule has 6 rings (SSSR count). The van der Waals surface area contributed by atoms with Gasteiger partial charge in [-0.3, -0.25) is 0 Å². The zero-order valence-electron chi connectivity index (χ0n) is 32.8. The molecule has 0 saturated heterocycles. The molecule has 0 bridgehead atoms. The van der Waals surface area contributed by atoms with Crippen molar-refractivity contribution in [2.75, 3.05) is 19.8 Å². The number of ether oxygens (including phenoxy) is 3. The zero-order valence-corrected chi connectivity index (χ0v) is 32.8. The van der Waals surface area contributed by atoms with Crippen molar-refractivity contribution < 1.29 is 72.3 Å². The lowest BCUT2D eigenvalue weighted by Crippen LogP contribution is -2.37. The van der Waals surface area contributed by atoms with Crippen molar-refractivity contribution in [3.05, 3.63) is 180 Å². The van der Waals surface area contributed by atoms with Crippen LogP contribution in [0.4, 0.5) is 14.4 Å². The molecule has 0 saturated carbocycles. The summed E-state index contributed by atoms with van der Waals surface area (Å²) >= 11 is 0. The Kier molecular flexibility index (Phi) is 14.6. The van der Waals surface area contributed by atoms with Gasteiger partial charge in [0, 0.05) is 0 Å². The van der Waals surface area contributed by atoms with Gasteiger partial charge in [-0.2, -0.15) is 14.4 Å². The Morgan fingerprint density at radius 3 is 0.790 bits per heavy atom. The van der Waals surface area contributed by atoms with Gasteiger partial charge >= 0.3 is 36.4 Å². The molecule has 0 aliphatic heterocycles. The minimum atomic E-state index is -1.59. The summed E-state index contributed by atoms with van der Waals surface area (Å²) in [4.78, 5) is 102. The fourth-order valence-corrected chi connectivity index (χ4v) is 5.54. The van der Waals surface area contributed by atoms with Crippen molar-refractivity contribution in [2.24, 2.45) is 5.41 Å². The van der Waals surface area contributed by atoms with Gasteiger partial charge in [-0.1, -0.05) is 127 Å². The largest absolute Gasteiger partial charge is 0.549 e. The topological polar surface area (TPSA) is 185 Å². The second-order valence-corrected chi connectivity index (χ2v) is 13.6. The summed E-state index contributed by atoms with van der Waals surface area (Å²) in [5, 5.41) is 0. The van der Waals surface area contributed by atoms with Crippen molar-refractivity contribution in [3.63, 3.8) is 0 Å². The van der Waals surface area contributed by atoms with Crippen LogP contribution < -0.4 is 0 Å². The molecule has 15 heteroatoms. The predicted octanol–water partition coefficient (Wildman–Crippen LogP) is 9.77. The molecule has 0 aliphatic carbocycles. The molecular formula is C47H36O15. The summed E-state index contributed by atoms with van der Waals surface area (Å²) in [7, 11) is 0. The molecule has 6 aromatic rings. The van der Waals surface area contributed by atoms with Gasteiger partial charge in [-0.15, -0.1) is 0 Å². The molecule has 0 spiro atoms. The lowest BCUT2D eigenvalue weighted by atomic mass is 9.94. The number of carbonyl (C=O) groups excluding carboxylic acids is 6. The van der Waals surface area contributed by atoms with Crippen LogP contribution in [0.15, 0.2) is 164 Å². The van der Waals surface area contributed by atoms with Crippen LogP contribution in [0.25, 0.3) is 33.4 Å². The molecule has 0 unspecified atom stereocenters. The quantitative estimate of drug-likeness (QED) is 0.0490. The molecule has 15 nitrogen and oxygen atoms in total. The van der Waals surface area contributed by atoms with E-state index in [1.54, 1.807) is 36.4 Å². The van der Waals surface area contributed by atoms with Crippen molar-refractivity contribution in [1.82, 2.24) is 0 Å². The second kappa shape index (κ2) is 21.0. The molecule has 62 heavy (non-hydrogen) atoms. The van der Waals surface area contributed by atoms with Crippen LogP contribution >= 0.6 is 0 Å². The van der Waals surface area contributed by atoms with E-state index in [1.165, 1.54) is 43.3 Å². The maximum absolute atomic E-state index is 12.5. The summed E-state index contributed by atoms with van der Waals surface area (Å²) in [6.45, 7) is -0.758. The molecule has 0 atom stereocenters. The standard InChI is InChI=1S/C47H36O15/c1-47(29-54-44(51)60-57-41(48)38-23-17-35(18-24-38)32-11-5-2-6-12-32,30-55-45(52)61-58-42(49)39-25-19-36(20-26-39)33-13-7-3-8-14-33)31-56-46(53)62-59-43(50)40-27-21-37(22-28-40)34-15-9-4-10-16-34/h2-28H,29-31H2,1H3. The Bertz CT molecular complexity index is 2180. The SMILES string of the molecule is CC(COC(=O)OOC(=O)c1ccc(-c2ccccc2)cc1)(COC(=O)OOC(=O)c1ccc(-c2ccccc2)cc1)COC(=O)OOC(=O)c1ccc(-c2ccccc2)cc1. The molecule has 0 radical (unpaired) electrons. The van der Waals surface area contributed by atoms with E-state index in [0.717, 1.165) is 33.4 Å². The van der Waals surface area contributed by atoms with E-state index in [-0.39, 0.29) is 16.7 Å². The average Bonchev–Trinajstić information content (AvgIpc) is 3.33. The van der Waals surface area contributed by atoms with E-state index in [1.807, 2.05) is 91.0 Å². The number of benzene rings is 6. The van der Waals surface area contributed by atoms with Gasteiger partial charge < -0.3 is 14.2 Å². The second-order valence-electron chi connectivity index (χ2n) is 13.6. The van der Waals surface area contributed by atoms with Crippen molar-refractivity contribution >= 4 is 36.4 Å². The van der Waals surface area contributed by atoms with E-state index in [0.29, 0.717) is 0 Å². The highest BCUT2D eigenvalue weighted by atomic mass is 17.2. The smallest absolute Gasteiger partial charge is 0.431 e. The first-order chi connectivity index (χ1) is 30.0. The van der Waals surface area contributed by atoms with E-state index in [4.69, 9.17) is 14.2 Å². The normalized spacial score (nSPS) is 10.6. The average molecular weight is 841 g/mol. The van der Waals surface area contributed by atoms with Crippen LogP contribution in [0.1, 0.15) is 38.0 Å². The molecule has 0 aliphatic rings. The Labute approximate surface area is 354 Å². The lowest BCUT2D eigenvalue weighted by molar-refractivity contribution is -0.216. The van der Waals surface area contributed by atoms with Gasteiger partial charge in [0.1, 0.15) is 19.8 Å². The van der Waals surface area contributed by atoms with E-state index >= 15 is 0 Å². The molecule has 0 amide bonds. The van der Waals surface area contributed by atoms with Gasteiger partial charge in [0.05, 0.1) is 22.1 Å². The summed E-state index contributed by atoms with van der Waals surface area (Å²) in [5.41, 5.74) is 3.85. The highest BCUT2D eigenvalue weighted by Crippen LogP contribution is 2.24. The molecular weight excluding hydrogens is 805 g/mol. The van der Waals surface area contributed by atoms with Crippen LogP contribution in [0.2, 0.25) is 0 Å². The summed E-state index contributed by atoms with van der Waals surface area (Å²) in [6.07, 6.45) is -4.47. The maximum atomic E-state index is 12.5. The third-order valence-corrected chi connectivity index (χ3v) is 8.85. The van der Waals surface area contributed by atoms with Crippen LogP contribution in [0.5, 0.6) is 0 Å². The summed E-state index contributed by atoms with van der Waals surface area (Å²) in [6, 6.07) is 47.1. The third-order valence-electron chi connectivity index (χ3n) is 8.85. The van der Waals surface area contributed by atoms with Gasteiger partial charge in [-0.05, 0) is 76.7 Å². The first-order valence-electron chi connectivity index (χ1n) is 18.7. The number of hydrogen-bond acceptors (Lipinski definition) is 15. The summed E-state index contributed by atoms with van der Waals surface area (Å²) in [5.74, 6) is -3.03. The molecule has 6 aromatic carbocycles. The van der Waals surface area contributed by atoms with Crippen LogP contribution in [0.3, 0.4) is 0 Å². The number of rotatable bonds is 12. The fraction of sp³-hybridized carbons (Fsp3) is 0.106. The number of hydrogen-bond donors (Lipinski definition) is 0. The van der Waals surface area contributed by atoms with Gasteiger partial charge in [-0.25, -0.2) is 43.7 Å². The Hall–Kier alpha value is -8.46. The Balaban J connectivity index is 1.00. The van der Waals surface area contributed by atoms with Gasteiger partial charge in [0.2, 0.25) is 0 Å². The van der Waals surface area contributed by atoms with Crippen molar-refractivity contribution in [3.8, 4) is 33.4 Å². The van der Waals surface area contributed by atoms with E-state index in [9.17, 15) is 28.8 Å². The molecule has 0 heterocycles.